The largest absolute Gasteiger partial charge is 0.496 e. The van der Waals surface area contributed by atoms with Crippen LogP contribution >= 0.6 is 0 Å². The molecule has 7 nitrogen and oxygen atoms in total. The predicted octanol–water partition coefficient (Wildman–Crippen LogP) is 3.73. The van der Waals surface area contributed by atoms with Gasteiger partial charge in [-0.25, -0.2) is 10.1 Å². The monoisotopic (exact) mass is 414 g/mol. The highest BCUT2D eigenvalue weighted by atomic mass is 16.5. The van der Waals surface area contributed by atoms with Crippen molar-refractivity contribution in [2.24, 2.45) is 5.10 Å². The lowest BCUT2D eigenvalue weighted by molar-refractivity contribution is 0.0949. The normalized spacial score (nSPS) is 11.3. The van der Waals surface area contributed by atoms with Crippen molar-refractivity contribution < 1.29 is 9.53 Å². The minimum atomic E-state index is -0.489. The summed E-state index contributed by atoms with van der Waals surface area (Å²) in [5.74, 6) is 0.160. The standard InChI is InChI=1S/C24H22N4O3/c1-3-14-28-24(30)19-11-7-6-10-18(19)22(27-28)23(29)26-25-15-20-17-9-5-4-8-16(17)12-13-21(20)31-2/h4-13,15H,3,14H2,1-2H3,(H,26,29)/b25-15-. The van der Waals surface area contributed by atoms with Gasteiger partial charge in [-0.2, -0.15) is 10.2 Å². The van der Waals surface area contributed by atoms with Crippen molar-refractivity contribution in [1.29, 1.82) is 0 Å². The van der Waals surface area contributed by atoms with Crippen LogP contribution in [0, 0.1) is 0 Å². The summed E-state index contributed by atoms with van der Waals surface area (Å²) in [5, 5.41) is 11.4. The van der Waals surface area contributed by atoms with E-state index in [2.05, 4.69) is 15.6 Å². The number of rotatable bonds is 6. The van der Waals surface area contributed by atoms with Crippen LogP contribution in [-0.2, 0) is 6.54 Å². The van der Waals surface area contributed by atoms with E-state index in [0.717, 1.165) is 22.8 Å². The van der Waals surface area contributed by atoms with Crippen molar-refractivity contribution in [1.82, 2.24) is 15.2 Å². The molecule has 0 bridgehead atoms. The first-order chi connectivity index (χ1) is 15.1. The van der Waals surface area contributed by atoms with Crippen LogP contribution in [0.4, 0.5) is 0 Å². The number of methoxy groups -OCH3 is 1. The zero-order valence-electron chi connectivity index (χ0n) is 17.3. The SMILES string of the molecule is CCCn1nc(C(=O)N/N=C\c2c(OC)ccc3ccccc23)c2ccccc2c1=O. The van der Waals surface area contributed by atoms with Crippen molar-refractivity contribution in [2.75, 3.05) is 7.11 Å². The van der Waals surface area contributed by atoms with Gasteiger partial charge in [0.25, 0.3) is 11.5 Å². The maximum absolute atomic E-state index is 12.9. The number of aromatic nitrogens is 2. The van der Waals surface area contributed by atoms with Gasteiger partial charge in [-0.15, -0.1) is 0 Å². The van der Waals surface area contributed by atoms with Crippen molar-refractivity contribution in [3.63, 3.8) is 0 Å². The molecule has 1 amide bonds. The molecule has 1 heterocycles. The summed E-state index contributed by atoms with van der Waals surface area (Å²) in [4.78, 5) is 25.5. The maximum atomic E-state index is 12.9. The highest BCUT2D eigenvalue weighted by molar-refractivity contribution is 6.06. The summed E-state index contributed by atoms with van der Waals surface area (Å²) >= 11 is 0. The maximum Gasteiger partial charge on any atom is 0.292 e. The van der Waals surface area contributed by atoms with Crippen molar-refractivity contribution in [3.8, 4) is 5.75 Å². The Morgan fingerprint density at radius 1 is 1.06 bits per heavy atom. The van der Waals surface area contributed by atoms with E-state index < -0.39 is 5.91 Å². The number of hydrogen-bond acceptors (Lipinski definition) is 5. The third-order valence-electron chi connectivity index (χ3n) is 5.03. The zero-order chi connectivity index (χ0) is 21.8. The van der Waals surface area contributed by atoms with Crippen LogP contribution in [-0.4, -0.2) is 29.0 Å². The molecule has 1 N–H and O–H groups in total. The first kappa shape index (κ1) is 20.3. The second kappa shape index (κ2) is 8.79. The van der Waals surface area contributed by atoms with E-state index in [1.807, 2.05) is 43.3 Å². The van der Waals surface area contributed by atoms with E-state index >= 15 is 0 Å². The molecule has 4 rings (SSSR count). The summed E-state index contributed by atoms with van der Waals surface area (Å²) in [5.41, 5.74) is 3.25. The van der Waals surface area contributed by atoms with Gasteiger partial charge in [0.05, 0.1) is 18.7 Å². The van der Waals surface area contributed by atoms with Crippen LogP contribution in [0.2, 0.25) is 0 Å². The molecule has 0 saturated heterocycles. The van der Waals surface area contributed by atoms with Gasteiger partial charge in [0.2, 0.25) is 0 Å². The van der Waals surface area contributed by atoms with Crippen LogP contribution in [0.5, 0.6) is 5.75 Å². The summed E-state index contributed by atoms with van der Waals surface area (Å²) in [7, 11) is 1.59. The second-order valence-corrected chi connectivity index (χ2v) is 7.02. The Morgan fingerprint density at radius 2 is 1.77 bits per heavy atom. The van der Waals surface area contributed by atoms with Crippen molar-refractivity contribution >= 4 is 33.7 Å². The highest BCUT2D eigenvalue weighted by Gasteiger charge is 2.16. The fourth-order valence-corrected chi connectivity index (χ4v) is 3.56. The number of amides is 1. The second-order valence-electron chi connectivity index (χ2n) is 7.02. The molecule has 7 heteroatoms. The minimum Gasteiger partial charge on any atom is -0.496 e. The molecule has 0 spiro atoms. The molecular formula is C24H22N4O3. The Morgan fingerprint density at radius 3 is 2.52 bits per heavy atom. The molecule has 0 aliphatic heterocycles. The number of hydrazone groups is 1. The third kappa shape index (κ3) is 3.90. The van der Waals surface area contributed by atoms with Gasteiger partial charge in [0.15, 0.2) is 5.69 Å². The average Bonchev–Trinajstić information content (AvgIpc) is 2.81. The number of nitrogens with zero attached hydrogens (tertiary/aromatic N) is 3. The first-order valence-corrected chi connectivity index (χ1v) is 10.0. The molecule has 0 saturated carbocycles. The van der Waals surface area contributed by atoms with Gasteiger partial charge in [0, 0.05) is 17.5 Å². The number of benzene rings is 3. The van der Waals surface area contributed by atoms with E-state index in [1.165, 1.54) is 4.68 Å². The Kier molecular flexibility index (Phi) is 5.75. The molecule has 0 radical (unpaired) electrons. The number of carbonyl (C=O) groups is 1. The minimum absolute atomic E-state index is 0.158. The molecule has 31 heavy (non-hydrogen) atoms. The summed E-state index contributed by atoms with van der Waals surface area (Å²) < 4.78 is 6.78. The highest BCUT2D eigenvalue weighted by Crippen LogP contribution is 2.26. The zero-order valence-corrected chi connectivity index (χ0v) is 17.3. The number of hydrogen-bond donors (Lipinski definition) is 1. The van der Waals surface area contributed by atoms with E-state index in [0.29, 0.717) is 23.1 Å². The molecular weight excluding hydrogens is 392 g/mol. The number of aryl methyl sites for hydroxylation is 1. The van der Waals surface area contributed by atoms with Gasteiger partial charge in [-0.05, 0) is 29.3 Å². The Bertz CT molecular complexity index is 1360. The van der Waals surface area contributed by atoms with Crippen LogP contribution < -0.4 is 15.7 Å². The summed E-state index contributed by atoms with van der Waals surface area (Å²) in [6.07, 6.45) is 2.29. The Hall–Kier alpha value is -4.00. The van der Waals surface area contributed by atoms with Crippen LogP contribution in [0.25, 0.3) is 21.5 Å². The van der Waals surface area contributed by atoms with E-state index in [-0.39, 0.29) is 11.3 Å². The molecule has 3 aromatic carbocycles. The predicted molar refractivity (Wildman–Crippen MR) is 122 cm³/mol. The van der Waals surface area contributed by atoms with Crippen molar-refractivity contribution in [2.45, 2.75) is 19.9 Å². The van der Waals surface area contributed by atoms with Crippen molar-refractivity contribution in [3.05, 3.63) is 82.3 Å². The topological polar surface area (TPSA) is 85.6 Å². The van der Waals surface area contributed by atoms with Crippen LogP contribution in [0.15, 0.2) is 70.6 Å². The third-order valence-corrected chi connectivity index (χ3v) is 5.03. The van der Waals surface area contributed by atoms with Gasteiger partial charge in [-0.3, -0.25) is 9.59 Å². The first-order valence-electron chi connectivity index (χ1n) is 10.0. The lowest BCUT2D eigenvalue weighted by Gasteiger charge is -2.10. The molecule has 0 unspecified atom stereocenters. The number of carbonyl (C=O) groups excluding carboxylic acids is 1. The van der Waals surface area contributed by atoms with Crippen LogP contribution in [0.1, 0.15) is 29.4 Å². The van der Waals surface area contributed by atoms with Crippen LogP contribution in [0.3, 0.4) is 0 Å². The number of fused-ring (bicyclic) bond motifs is 2. The molecule has 4 aromatic rings. The van der Waals surface area contributed by atoms with E-state index in [1.54, 1.807) is 37.6 Å². The lowest BCUT2D eigenvalue weighted by atomic mass is 10.0. The molecule has 0 aliphatic carbocycles. The summed E-state index contributed by atoms with van der Waals surface area (Å²) in [6, 6.07) is 18.6. The van der Waals surface area contributed by atoms with Gasteiger partial charge in [0.1, 0.15) is 5.75 Å². The van der Waals surface area contributed by atoms with Gasteiger partial charge >= 0.3 is 0 Å². The average molecular weight is 414 g/mol. The fourth-order valence-electron chi connectivity index (χ4n) is 3.56. The Labute approximate surface area is 179 Å². The van der Waals surface area contributed by atoms with Gasteiger partial charge in [-0.1, -0.05) is 55.5 Å². The molecule has 156 valence electrons. The van der Waals surface area contributed by atoms with E-state index in [9.17, 15) is 9.59 Å². The smallest absolute Gasteiger partial charge is 0.292 e. The number of ether oxygens (including phenoxy) is 1. The van der Waals surface area contributed by atoms with Gasteiger partial charge < -0.3 is 4.74 Å². The molecule has 0 fully saturated rings. The molecule has 1 aromatic heterocycles. The lowest BCUT2D eigenvalue weighted by Crippen LogP contribution is -2.29. The number of nitrogens with one attached hydrogen (secondary N) is 1. The quantitative estimate of drug-likeness (QED) is 0.385. The molecule has 0 atom stereocenters. The molecule has 0 aliphatic rings. The summed E-state index contributed by atoms with van der Waals surface area (Å²) in [6.45, 7) is 2.38. The fraction of sp³-hybridized carbons (Fsp3) is 0.167. The van der Waals surface area contributed by atoms with E-state index in [4.69, 9.17) is 4.74 Å². The Balaban J connectivity index is 1.70.